The van der Waals surface area contributed by atoms with Crippen LogP contribution in [0.4, 0.5) is 5.95 Å². The van der Waals surface area contributed by atoms with Crippen molar-refractivity contribution in [2.24, 2.45) is 0 Å². The van der Waals surface area contributed by atoms with Gasteiger partial charge in [0.2, 0.25) is 5.95 Å². The Hall–Kier alpha value is -2.57. The van der Waals surface area contributed by atoms with Gasteiger partial charge < -0.3 is 14.2 Å². The molecule has 1 saturated heterocycles. The number of carbonyl (C=O) groups is 1. The van der Waals surface area contributed by atoms with Crippen LogP contribution in [0.2, 0.25) is 10.0 Å². The maximum Gasteiger partial charge on any atom is 0.289 e. The molecule has 0 unspecified atom stereocenters. The Kier molecular flexibility index (Phi) is 5.01. The monoisotopic (exact) mass is 402 g/mol. The van der Waals surface area contributed by atoms with Gasteiger partial charge in [-0.1, -0.05) is 23.2 Å². The summed E-state index contributed by atoms with van der Waals surface area (Å²) in [7, 11) is 0. The Bertz CT molecular complexity index is 953. The summed E-state index contributed by atoms with van der Waals surface area (Å²) in [4.78, 5) is 25.1. The predicted molar refractivity (Wildman–Crippen MR) is 104 cm³/mol. The molecule has 0 spiro atoms. The number of furan rings is 1. The van der Waals surface area contributed by atoms with Crippen molar-refractivity contribution < 1.29 is 9.21 Å². The van der Waals surface area contributed by atoms with Crippen molar-refractivity contribution >= 4 is 35.1 Å². The molecule has 6 nitrogen and oxygen atoms in total. The minimum absolute atomic E-state index is 0.139. The van der Waals surface area contributed by atoms with Gasteiger partial charge in [-0.2, -0.15) is 0 Å². The van der Waals surface area contributed by atoms with Crippen LogP contribution in [0.3, 0.4) is 0 Å². The molecule has 4 rings (SSSR count). The van der Waals surface area contributed by atoms with Crippen LogP contribution in [0.15, 0.2) is 53.2 Å². The number of aromatic nitrogens is 2. The van der Waals surface area contributed by atoms with Crippen LogP contribution < -0.4 is 4.90 Å². The lowest BCUT2D eigenvalue weighted by Crippen LogP contribution is -2.49. The number of hydrogen-bond donors (Lipinski definition) is 0. The first-order valence-corrected chi connectivity index (χ1v) is 9.24. The molecule has 0 saturated carbocycles. The zero-order valence-corrected chi connectivity index (χ0v) is 15.8. The first-order chi connectivity index (χ1) is 13.1. The molecule has 0 aliphatic carbocycles. The highest BCUT2D eigenvalue weighted by atomic mass is 35.5. The molecule has 2 aromatic heterocycles. The topological polar surface area (TPSA) is 62.5 Å². The molecule has 0 N–H and O–H groups in total. The second-order valence-corrected chi connectivity index (χ2v) is 6.96. The van der Waals surface area contributed by atoms with Gasteiger partial charge in [-0.05, 0) is 36.4 Å². The third kappa shape index (κ3) is 3.77. The SMILES string of the molecule is O=C(c1ccc(-c2ccc(Cl)cc2Cl)o1)N1CCN(c2ncccn2)CC1. The average molecular weight is 403 g/mol. The molecular weight excluding hydrogens is 387 g/mol. The number of rotatable bonds is 3. The minimum atomic E-state index is -0.139. The van der Waals surface area contributed by atoms with E-state index in [9.17, 15) is 4.79 Å². The summed E-state index contributed by atoms with van der Waals surface area (Å²) in [6, 6.07) is 10.4. The molecule has 1 aromatic carbocycles. The van der Waals surface area contributed by atoms with Crippen molar-refractivity contribution in [2.75, 3.05) is 31.1 Å². The first-order valence-electron chi connectivity index (χ1n) is 8.48. The largest absolute Gasteiger partial charge is 0.451 e. The lowest BCUT2D eigenvalue weighted by molar-refractivity contribution is 0.0715. The van der Waals surface area contributed by atoms with Crippen molar-refractivity contribution in [2.45, 2.75) is 0 Å². The third-order valence-electron chi connectivity index (χ3n) is 4.42. The lowest BCUT2D eigenvalue weighted by atomic mass is 10.2. The normalized spacial score (nSPS) is 14.4. The maximum absolute atomic E-state index is 12.8. The zero-order valence-electron chi connectivity index (χ0n) is 14.3. The van der Waals surface area contributed by atoms with E-state index in [1.807, 2.05) is 0 Å². The molecule has 3 aromatic rings. The Morgan fingerprint density at radius 1 is 1.00 bits per heavy atom. The molecule has 138 valence electrons. The molecule has 8 heteroatoms. The van der Waals surface area contributed by atoms with E-state index in [2.05, 4.69) is 14.9 Å². The van der Waals surface area contributed by atoms with E-state index in [1.165, 1.54) is 0 Å². The van der Waals surface area contributed by atoms with E-state index in [1.54, 1.807) is 53.7 Å². The number of carbonyl (C=O) groups excluding carboxylic acids is 1. The fraction of sp³-hybridized carbons (Fsp3) is 0.211. The van der Waals surface area contributed by atoms with Crippen LogP contribution in [-0.2, 0) is 0 Å². The van der Waals surface area contributed by atoms with Gasteiger partial charge in [0.05, 0.1) is 5.02 Å². The summed E-state index contributed by atoms with van der Waals surface area (Å²) in [6.45, 7) is 2.50. The van der Waals surface area contributed by atoms with E-state index < -0.39 is 0 Å². The highest BCUT2D eigenvalue weighted by molar-refractivity contribution is 6.36. The smallest absolute Gasteiger partial charge is 0.289 e. The fourth-order valence-electron chi connectivity index (χ4n) is 3.01. The van der Waals surface area contributed by atoms with E-state index >= 15 is 0 Å². The fourth-order valence-corrected chi connectivity index (χ4v) is 3.51. The number of hydrogen-bond acceptors (Lipinski definition) is 5. The summed E-state index contributed by atoms with van der Waals surface area (Å²) in [5.74, 6) is 1.37. The molecule has 27 heavy (non-hydrogen) atoms. The summed E-state index contributed by atoms with van der Waals surface area (Å²) in [5.41, 5.74) is 0.700. The van der Waals surface area contributed by atoms with Crippen LogP contribution in [0.1, 0.15) is 10.6 Å². The summed E-state index contributed by atoms with van der Waals surface area (Å²) < 4.78 is 5.76. The van der Waals surface area contributed by atoms with Crippen molar-refractivity contribution in [1.82, 2.24) is 14.9 Å². The quantitative estimate of drug-likeness (QED) is 0.662. The van der Waals surface area contributed by atoms with E-state index in [0.29, 0.717) is 59.3 Å². The van der Waals surface area contributed by atoms with Crippen LogP contribution in [0.5, 0.6) is 0 Å². The number of anilines is 1. The minimum Gasteiger partial charge on any atom is -0.451 e. The van der Waals surface area contributed by atoms with Crippen molar-refractivity contribution in [3.8, 4) is 11.3 Å². The second-order valence-electron chi connectivity index (χ2n) is 6.12. The molecule has 1 aliphatic heterocycles. The van der Waals surface area contributed by atoms with Gasteiger partial charge in [-0.25, -0.2) is 9.97 Å². The number of halogens is 2. The van der Waals surface area contributed by atoms with Gasteiger partial charge in [0, 0.05) is 49.2 Å². The van der Waals surface area contributed by atoms with Gasteiger partial charge in [0.1, 0.15) is 5.76 Å². The van der Waals surface area contributed by atoms with Crippen molar-refractivity contribution in [3.05, 3.63) is 64.6 Å². The summed E-state index contributed by atoms with van der Waals surface area (Å²) >= 11 is 12.1. The van der Waals surface area contributed by atoms with Gasteiger partial charge in [-0.15, -0.1) is 0 Å². The van der Waals surface area contributed by atoms with Gasteiger partial charge in [0.15, 0.2) is 5.76 Å². The van der Waals surface area contributed by atoms with E-state index in [4.69, 9.17) is 27.6 Å². The molecule has 0 atom stereocenters. The van der Waals surface area contributed by atoms with Crippen LogP contribution in [0.25, 0.3) is 11.3 Å². The van der Waals surface area contributed by atoms with Crippen LogP contribution in [-0.4, -0.2) is 47.0 Å². The molecule has 1 aliphatic rings. The summed E-state index contributed by atoms with van der Waals surface area (Å²) in [5, 5.41) is 1.03. The highest BCUT2D eigenvalue weighted by Gasteiger charge is 2.25. The number of piperazine rings is 1. The second kappa shape index (κ2) is 7.58. The van der Waals surface area contributed by atoms with Crippen molar-refractivity contribution in [1.29, 1.82) is 0 Å². The Morgan fingerprint density at radius 3 is 2.44 bits per heavy atom. The van der Waals surface area contributed by atoms with Gasteiger partial charge in [-0.3, -0.25) is 4.79 Å². The molecule has 3 heterocycles. The summed E-state index contributed by atoms with van der Waals surface area (Å²) in [6.07, 6.45) is 3.43. The average Bonchev–Trinajstić information content (AvgIpc) is 3.18. The Balaban J connectivity index is 1.44. The van der Waals surface area contributed by atoms with E-state index in [-0.39, 0.29) is 5.91 Å². The number of amides is 1. The number of nitrogens with zero attached hydrogens (tertiary/aromatic N) is 4. The van der Waals surface area contributed by atoms with Crippen LogP contribution >= 0.6 is 23.2 Å². The first kappa shape index (κ1) is 17.8. The van der Waals surface area contributed by atoms with E-state index in [0.717, 1.165) is 0 Å². The van der Waals surface area contributed by atoms with Crippen LogP contribution in [0, 0.1) is 0 Å². The highest BCUT2D eigenvalue weighted by Crippen LogP contribution is 2.31. The third-order valence-corrected chi connectivity index (χ3v) is 4.96. The lowest BCUT2D eigenvalue weighted by Gasteiger charge is -2.34. The van der Waals surface area contributed by atoms with Gasteiger partial charge in [0.25, 0.3) is 5.91 Å². The standard InChI is InChI=1S/C19H16Cl2N4O2/c20-13-2-3-14(15(21)12-13)16-4-5-17(27-16)18(26)24-8-10-25(11-9-24)19-22-6-1-7-23-19/h1-7,12H,8-11H2. The maximum atomic E-state index is 12.8. The molecule has 0 radical (unpaired) electrons. The molecule has 1 amide bonds. The molecular formula is C19H16Cl2N4O2. The number of benzene rings is 1. The Labute approximate surface area is 166 Å². The molecule has 1 fully saturated rings. The molecule has 0 bridgehead atoms. The Morgan fingerprint density at radius 2 is 1.74 bits per heavy atom. The predicted octanol–water partition coefficient (Wildman–Crippen LogP) is 4.01. The zero-order chi connectivity index (χ0) is 18.8. The van der Waals surface area contributed by atoms with Gasteiger partial charge >= 0.3 is 0 Å². The van der Waals surface area contributed by atoms with Crippen molar-refractivity contribution in [3.63, 3.8) is 0 Å².